The second-order valence-corrected chi connectivity index (χ2v) is 9.22. The van der Waals surface area contributed by atoms with Crippen molar-refractivity contribution in [1.29, 1.82) is 0 Å². The van der Waals surface area contributed by atoms with Gasteiger partial charge in [-0.25, -0.2) is 0 Å². The van der Waals surface area contributed by atoms with E-state index in [0.29, 0.717) is 6.54 Å². The molecule has 1 N–H and O–H groups in total. The number of hydrogen-bond donors (Lipinski definition) is 1. The molecule has 0 atom stereocenters. The van der Waals surface area contributed by atoms with Crippen LogP contribution in [0.3, 0.4) is 0 Å². The Balaban J connectivity index is 0.00000364. The third-order valence-electron chi connectivity index (χ3n) is 4.30. The topological polar surface area (TPSA) is 47.9 Å². The SMILES string of the molecule is CCNC(=NCCc1cccc(C(=O)N(C)C)c1)N1CCSC(C)(C)C1.I. The Labute approximate surface area is 185 Å². The van der Waals surface area contributed by atoms with Gasteiger partial charge in [-0.2, -0.15) is 11.8 Å². The highest BCUT2D eigenvalue weighted by Gasteiger charge is 2.28. The number of nitrogens with zero attached hydrogens (tertiary/aromatic N) is 3. The first-order valence-electron chi connectivity index (χ1n) is 9.30. The molecule has 2 rings (SSSR count). The minimum absolute atomic E-state index is 0. The van der Waals surface area contributed by atoms with Crippen LogP contribution in [-0.4, -0.2) is 72.4 Å². The van der Waals surface area contributed by atoms with Crippen molar-refractivity contribution in [3.8, 4) is 0 Å². The highest BCUT2D eigenvalue weighted by molar-refractivity contribution is 14.0. The number of thioether (sulfide) groups is 1. The lowest BCUT2D eigenvalue weighted by atomic mass is 10.1. The molecule has 0 bridgehead atoms. The van der Waals surface area contributed by atoms with Crippen molar-refractivity contribution in [2.24, 2.45) is 4.99 Å². The number of halogens is 1. The fraction of sp³-hybridized carbons (Fsp3) is 0.600. The smallest absolute Gasteiger partial charge is 0.253 e. The minimum atomic E-state index is 0. The molecule has 152 valence electrons. The quantitative estimate of drug-likeness (QED) is 0.380. The van der Waals surface area contributed by atoms with E-state index in [1.807, 2.05) is 30.0 Å². The number of nitrogens with one attached hydrogen (secondary N) is 1. The van der Waals surface area contributed by atoms with Crippen LogP contribution in [0.2, 0.25) is 0 Å². The van der Waals surface area contributed by atoms with E-state index in [-0.39, 0.29) is 34.6 Å². The summed E-state index contributed by atoms with van der Waals surface area (Å²) in [5.41, 5.74) is 1.88. The maximum absolute atomic E-state index is 12.1. The molecule has 0 aromatic heterocycles. The molecular formula is C20H33IN4OS. The average Bonchev–Trinajstić information content (AvgIpc) is 2.59. The van der Waals surface area contributed by atoms with Gasteiger partial charge >= 0.3 is 0 Å². The lowest BCUT2D eigenvalue weighted by Crippen LogP contribution is -2.51. The summed E-state index contributed by atoms with van der Waals surface area (Å²) in [6, 6.07) is 7.86. The molecule has 7 heteroatoms. The van der Waals surface area contributed by atoms with Crippen LogP contribution in [0.25, 0.3) is 0 Å². The van der Waals surface area contributed by atoms with E-state index in [4.69, 9.17) is 4.99 Å². The number of rotatable bonds is 5. The number of hydrogen-bond acceptors (Lipinski definition) is 3. The Morgan fingerprint density at radius 1 is 1.37 bits per heavy atom. The van der Waals surface area contributed by atoms with Crippen molar-refractivity contribution in [3.05, 3.63) is 35.4 Å². The summed E-state index contributed by atoms with van der Waals surface area (Å²) >= 11 is 2.03. The van der Waals surface area contributed by atoms with E-state index in [1.54, 1.807) is 19.0 Å². The molecule has 1 aromatic rings. The standard InChI is InChI=1S/C20H32N4OS.HI/c1-6-21-19(24-12-13-26-20(2,3)15-24)22-11-10-16-8-7-9-17(14-16)18(25)23(4)5;/h7-9,14H,6,10-13,15H2,1-5H3,(H,21,22);1H. The summed E-state index contributed by atoms with van der Waals surface area (Å²) in [4.78, 5) is 20.9. The zero-order valence-corrected chi connectivity index (χ0v) is 20.3. The molecule has 27 heavy (non-hydrogen) atoms. The highest BCUT2D eigenvalue weighted by atomic mass is 127. The monoisotopic (exact) mass is 504 g/mol. The van der Waals surface area contributed by atoms with E-state index < -0.39 is 0 Å². The molecule has 0 unspecified atom stereocenters. The second-order valence-electron chi connectivity index (χ2n) is 7.42. The Kier molecular flexibility index (Phi) is 9.94. The van der Waals surface area contributed by atoms with Crippen LogP contribution in [0, 0.1) is 0 Å². The van der Waals surface area contributed by atoms with E-state index in [0.717, 1.165) is 48.9 Å². The Morgan fingerprint density at radius 3 is 2.74 bits per heavy atom. The van der Waals surface area contributed by atoms with Crippen molar-refractivity contribution in [3.63, 3.8) is 0 Å². The summed E-state index contributed by atoms with van der Waals surface area (Å²) in [5.74, 6) is 2.17. The predicted octanol–water partition coefficient (Wildman–Crippen LogP) is 3.34. The maximum Gasteiger partial charge on any atom is 0.253 e. The molecule has 0 saturated carbocycles. The van der Waals surface area contributed by atoms with E-state index in [2.05, 4.69) is 37.1 Å². The summed E-state index contributed by atoms with van der Waals surface area (Å²) in [6.07, 6.45) is 0.829. The summed E-state index contributed by atoms with van der Waals surface area (Å²) in [6.45, 7) is 10.3. The first-order chi connectivity index (χ1) is 12.3. The van der Waals surface area contributed by atoms with Gasteiger partial charge in [-0.3, -0.25) is 9.79 Å². The van der Waals surface area contributed by atoms with Crippen molar-refractivity contribution in [2.45, 2.75) is 31.9 Å². The van der Waals surface area contributed by atoms with Gasteiger partial charge in [0.25, 0.3) is 5.91 Å². The molecule has 0 spiro atoms. The van der Waals surface area contributed by atoms with Crippen LogP contribution in [0.4, 0.5) is 0 Å². The Morgan fingerprint density at radius 2 is 2.11 bits per heavy atom. The lowest BCUT2D eigenvalue weighted by Gasteiger charge is -2.39. The molecule has 0 radical (unpaired) electrons. The molecule has 0 aliphatic carbocycles. The summed E-state index contributed by atoms with van der Waals surface area (Å²) in [5, 5.41) is 3.43. The molecule has 1 aliphatic rings. The highest BCUT2D eigenvalue weighted by Crippen LogP contribution is 2.29. The third kappa shape index (κ3) is 7.52. The van der Waals surface area contributed by atoms with Crippen LogP contribution in [0.1, 0.15) is 36.7 Å². The minimum Gasteiger partial charge on any atom is -0.357 e. The molecule has 1 heterocycles. The predicted molar refractivity (Wildman–Crippen MR) is 128 cm³/mol. The number of aliphatic imine (C=N–C) groups is 1. The second kappa shape index (κ2) is 11.1. The van der Waals surface area contributed by atoms with Crippen LogP contribution < -0.4 is 5.32 Å². The fourth-order valence-electron chi connectivity index (χ4n) is 3.03. The maximum atomic E-state index is 12.1. The van der Waals surface area contributed by atoms with Gasteiger partial charge in [-0.15, -0.1) is 24.0 Å². The van der Waals surface area contributed by atoms with Crippen LogP contribution in [0.15, 0.2) is 29.3 Å². The van der Waals surface area contributed by atoms with E-state index in [9.17, 15) is 4.79 Å². The molecule has 1 amide bonds. The molecule has 1 saturated heterocycles. The third-order valence-corrected chi connectivity index (χ3v) is 5.60. The van der Waals surface area contributed by atoms with E-state index in [1.165, 1.54) is 0 Å². The van der Waals surface area contributed by atoms with Crippen molar-refractivity contribution in [2.75, 3.05) is 46.0 Å². The first kappa shape index (κ1) is 24.1. The molecular weight excluding hydrogens is 471 g/mol. The van der Waals surface area contributed by atoms with Gasteiger partial charge in [0.15, 0.2) is 5.96 Å². The van der Waals surface area contributed by atoms with Gasteiger partial charge in [0, 0.05) is 56.3 Å². The van der Waals surface area contributed by atoms with Crippen molar-refractivity contribution < 1.29 is 4.79 Å². The summed E-state index contributed by atoms with van der Waals surface area (Å²) < 4.78 is 0.259. The average molecular weight is 504 g/mol. The van der Waals surface area contributed by atoms with Gasteiger partial charge in [0.05, 0.1) is 0 Å². The van der Waals surface area contributed by atoms with Crippen LogP contribution >= 0.6 is 35.7 Å². The number of amides is 1. The number of guanidine groups is 1. The summed E-state index contributed by atoms with van der Waals surface area (Å²) in [7, 11) is 3.56. The molecule has 1 fully saturated rings. The molecule has 5 nitrogen and oxygen atoms in total. The van der Waals surface area contributed by atoms with Gasteiger partial charge < -0.3 is 15.1 Å². The molecule has 1 aliphatic heterocycles. The van der Waals surface area contributed by atoms with Gasteiger partial charge in [0.2, 0.25) is 0 Å². The van der Waals surface area contributed by atoms with Gasteiger partial charge in [0.1, 0.15) is 0 Å². The zero-order valence-electron chi connectivity index (χ0n) is 17.1. The van der Waals surface area contributed by atoms with Crippen molar-refractivity contribution >= 4 is 47.6 Å². The zero-order chi connectivity index (χ0) is 19.2. The first-order valence-corrected chi connectivity index (χ1v) is 10.3. The fourth-order valence-corrected chi connectivity index (χ4v) is 4.14. The normalized spacial score (nSPS) is 16.5. The number of benzene rings is 1. The van der Waals surface area contributed by atoms with Crippen LogP contribution in [0.5, 0.6) is 0 Å². The number of carbonyl (C=O) groups excluding carboxylic acids is 1. The lowest BCUT2D eigenvalue weighted by molar-refractivity contribution is 0.0827. The van der Waals surface area contributed by atoms with Gasteiger partial charge in [-0.05, 0) is 44.9 Å². The van der Waals surface area contributed by atoms with Crippen molar-refractivity contribution in [1.82, 2.24) is 15.1 Å². The van der Waals surface area contributed by atoms with Gasteiger partial charge in [-0.1, -0.05) is 12.1 Å². The molecule has 1 aromatic carbocycles. The van der Waals surface area contributed by atoms with E-state index >= 15 is 0 Å². The largest absolute Gasteiger partial charge is 0.357 e. The number of carbonyl (C=O) groups is 1. The Hall–Kier alpha value is -0.960. The van der Waals surface area contributed by atoms with Crippen LogP contribution in [-0.2, 0) is 6.42 Å². The Bertz CT molecular complexity index is 649.